The Balaban J connectivity index is 1.73. The van der Waals surface area contributed by atoms with Crippen LogP contribution in [0, 0.1) is 13.8 Å². The van der Waals surface area contributed by atoms with Gasteiger partial charge in [-0.05, 0) is 67.1 Å². The highest BCUT2D eigenvalue weighted by Crippen LogP contribution is 2.23. The molecule has 0 unspecified atom stereocenters. The molecule has 0 amide bonds. The van der Waals surface area contributed by atoms with Gasteiger partial charge >= 0.3 is 5.97 Å². The van der Waals surface area contributed by atoms with E-state index in [1.54, 1.807) is 36.0 Å². The van der Waals surface area contributed by atoms with Gasteiger partial charge in [-0.25, -0.2) is 14.5 Å². The van der Waals surface area contributed by atoms with Crippen molar-refractivity contribution < 1.29 is 19.4 Å². The minimum absolute atomic E-state index is 0.0174. The summed E-state index contributed by atoms with van der Waals surface area (Å²) < 4.78 is 7.00. The monoisotopic (exact) mass is 421 g/mol. The molecule has 7 heteroatoms. The van der Waals surface area contributed by atoms with Crippen LogP contribution in [0.3, 0.4) is 0 Å². The molecular weight excluding hydrogens is 394 g/mol. The second-order valence-corrected chi connectivity index (χ2v) is 7.92. The highest BCUT2D eigenvalue weighted by molar-refractivity contribution is 5.96. The van der Waals surface area contributed by atoms with Crippen LogP contribution in [0.1, 0.15) is 58.9 Å². The lowest BCUT2D eigenvalue weighted by Gasteiger charge is -2.09. The molecule has 0 atom stereocenters. The fourth-order valence-electron chi connectivity index (χ4n) is 3.33. The molecule has 0 spiro atoms. The van der Waals surface area contributed by atoms with Crippen molar-refractivity contribution in [3.8, 4) is 11.6 Å². The first-order valence-electron chi connectivity index (χ1n) is 10.2. The molecule has 7 nitrogen and oxygen atoms in total. The summed E-state index contributed by atoms with van der Waals surface area (Å²) in [6.07, 6.45) is 4.69. The molecule has 0 fully saturated rings. The lowest BCUT2D eigenvalue weighted by Crippen LogP contribution is -2.10. The summed E-state index contributed by atoms with van der Waals surface area (Å²) in [5, 5.41) is 13.4. The van der Waals surface area contributed by atoms with E-state index in [-0.39, 0.29) is 11.7 Å². The molecule has 1 N–H and O–H groups in total. The van der Waals surface area contributed by atoms with Crippen molar-refractivity contribution in [2.24, 2.45) is 0 Å². The third kappa shape index (κ3) is 5.57. The highest BCUT2D eigenvalue weighted by atomic mass is 16.5. The summed E-state index contributed by atoms with van der Waals surface area (Å²) >= 11 is 0. The van der Waals surface area contributed by atoms with E-state index in [0.29, 0.717) is 24.2 Å². The van der Waals surface area contributed by atoms with Crippen LogP contribution in [0.4, 0.5) is 0 Å². The molecule has 2 heterocycles. The quantitative estimate of drug-likeness (QED) is 0.518. The van der Waals surface area contributed by atoms with Crippen LogP contribution in [-0.4, -0.2) is 38.2 Å². The molecule has 1 aromatic carbocycles. The molecule has 0 saturated carbocycles. The Bertz CT molecular complexity index is 1080. The second-order valence-electron chi connectivity index (χ2n) is 7.92. The molecule has 0 aliphatic carbocycles. The predicted octanol–water partition coefficient (Wildman–Crippen LogP) is 4.29. The summed E-state index contributed by atoms with van der Waals surface area (Å²) in [5.41, 5.74) is 4.39. The van der Waals surface area contributed by atoms with E-state index in [0.717, 1.165) is 28.2 Å². The Labute approximate surface area is 181 Å². The zero-order valence-electron chi connectivity index (χ0n) is 18.3. The standard InChI is InChI=1S/C24H27N3O4/c1-15(2)24-19(13-27(26-24)22-10-5-16(3)12-25-22)6-8-20(28)18-7-9-21(17(4)11-18)31-14-23(29)30/h5,7,9-13,15H,6,8,14H2,1-4H3,(H,29,30). The number of nitrogens with zero attached hydrogens (tertiary/aromatic N) is 3. The number of hydrogen-bond acceptors (Lipinski definition) is 5. The number of pyridine rings is 1. The van der Waals surface area contributed by atoms with Crippen molar-refractivity contribution in [3.63, 3.8) is 0 Å². The number of carboxylic acid groups (broad SMARTS) is 1. The maximum absolute atomic E-state index is 12.8. The van der Waals surface area contributed by atoms with Crippen LogP contribution in [0.2, 0.25) is 0 Å². The summed E-state index contributed by atoms with van der Waals surface area (Å²) in [6, 6.07) is 8.98. The van der Waals surface area contributed by atoms with Gasteiger partial charge in [-0.2, -0.15) is 5.10 Å². The van der Waals surface area contributed by atoms with E-state index in [4.69, 9.17) is 14.9 Å². The number of rotatable bonds is 9. The van der Waals surface area contributed by atoms with Crippen LogP contribution < -0.4 is 4.74 Å². The first-order chi connectivity index (χ1) is 14.7. The number of aliphatic carboxylic acids is 1. The van der Waals surface area contributed by atoms with Crippen molar-refractivity contribution in [1.29, 1.82) is 0 Å². The zero-order valence-corrected chi connectivity index (χ0v) is 18.3. The van der Waals surface area contributed by atoms with Crippen LogP contribution in [0.5, 0.6) is 5.75 Å². The number of aromatic nitrogens is 3. The van der Waals surface area contributed by atoms with E-state index < -0.39 is 12.6 Å². The first kappa shape index (κ1) is 22.2. The smallest absolute Gasteiger partial charge is 0.341 e. The molecular formula is C24H27N3O4. The number of ether oxygens (including phenoxy) is 1. The van der Waals surface area contributed by atoms with Crippen molar-refractivity contribution in [3.05, 3.63) is 70.7 Å². The third-order valence-electron chi connectivity index (χ3n) is 4.97. The van der Waals surface area contributed by atoms with Gasteiger partial charge < -0.3 is 9.84 Å². The molecule has 0 radical (unpaired) electrons. The topological polar surface area (TPSA) is 94.3 Å². The lowest BCUT2D eigenvalue weighted by atomic mass is 9.98. The molecule has 162 valence electrons. The summed E-state index contributed by atoms with van der Waals surface area (Å²) in [4.78, 5) is 27.9. The van der Waals surface area contributed by atoms with Gasteiger partial charge in [0.25, 0.3) is 0 Å². The number of aryl methyl sites for hydroxylation is 3. The third-order valence-corrected chi connectivity index (χ3v) is 4.97. The molecule has 0 aliphatic rings. The Hall–Kier alpha value is -3.48. The number of carbonyl (C=O) groups is 2. The first-order valence-corrected chi connectivity index (χ1v) is 10.2. The van der Waals surface area contributed by atoms with Gasteiger partial charge in [-0.15, -0.1) is 0 Å². The van der Waals surface area contributed by atoms with E-state index in [2.05, 4.69) is 18.8 Å². The molecule has 31 heavy (non-hydrogen) atoms. The van der Waals surface area contributed by atoms with Crippen LogP contribution in [0.15, 0.2) is 42.7 Å². The van der Waals surface area contributed by atoms with E-state index in [1.807, 2.05) is 25.3 Å². The Kier molecular flexibility index (Phi) is 6.84. The number of carbonyl (C=O) groups excluding carboxylic acids is 1. The van der Waals surface area contributed by atoms with Crippen molar-refractivity contribution in [1.82, 2.24) is 14.8 Å². The summed E-state index contributed by atoms with van der Waals surface area (Å²) in [7, 11) is 0. The zero-order chi connectivity index (χ0) is 22.5. The molecule has 3 rings (SSSR count). The van der Waals surface area contributed by atoms with Crippen LogP contribution in [0.25, 0.3) is 5.82 Å². The van der Waals surface area contributed by atoms with Crippen molar-refractivity contribution >= 4 is 11.8 Å². The van der Waals surface area contributed by atoms with Gasteiger partial charge in [0.15, 0.2) is 18.2 Å². The minimum atomic E-state index is -1.04. The molecule has 3 aromatic rings. The number of carboxylic acids is 1. The Morgan fingerprint density at radius 1 is 1.16 bits per heavy atom. The van der Waals surface area contributed by atoms with E-state index in [9.17, 15) is 9.59 Å². The maximum atomic E-state index is 12.8. The Morgan fingerprint density at radius 2 is 1.94 bits per heavy atom. The summed E-state index contributed by atoms with van der Waals surface area (Å²) in [5.74, 6) is 0.418. The molecule has 0 saturated heterocycles. The second kappa shape index (κ2) is 9.55. The lowest BCUT2D eigenvalue weighted by molar-refractivity contribution is -0.139. The normalized spacial score (nSPS) is 11.0. The average Bonchev–Trinajstić information content (AvgIpc) is 3.16. The van der Waals surface area contributed by atoms with E-state index >= 15 is 0 Å². The van der Waals surface area contributed by atoms with Gasteiger partial charge in [0, 0.05) is 24.4 Å². The number of hydrogen-bond donors (Lipinski definition) is 1. The van der Waals surface area contributed by atoms with Crippen LogP contribution >= 0.6 is 0 Å². The van der Waals surface area contributed by atoms with Crippen molar-refractivity contribution in [2.75, 3.05) is 6.61 Å². The highest BCUT2D eigenvalue weighted by Gasteiger charge is 2.16. The molecule has 2 aromatic heterocycles. The van der Waals surface area contributed by atoms with E-state index in [1.165, 1.54) is 0 Å². The maximum Gasteiger partial charge on any atom is 0.341 e. The van der Waals surface area contributed by atoms with Gasteiger partial charge in [0.2, 0.25) is 0 Å². The fourth-order valence-corrected chi connectivity index (χ4v) is 3.33. The molecule has 0 bridgehead atoms. The predicted molar refractivity (Wildman–Crippen MR) is 117 cm³/mol. The molecule has 0 aliphatic heterocycles. The largest absolute Gasteiger partial charge is 0.482 e. The SMILES string of the molecule is Cc1ccc(-n2cc(CCC(=O)c3ccc(OCC(=O)O)c(C)c3)c(C(C)C)n2)nc1. The van der Waals surface area contributed by atoms with Gasteiger partial charge in [0.1, 0.15) is 5.75 Å². The minimum Gasteiger partial charge on any atom is -0.482 e. The number of ketones is 1. The average molecular weight is 421 g/mol. The number of Topliss-reactive ketones (excluding diaryl/α,β-unsaturated/α-hetero) is 1. The fraction of sp³-hybridized carbons (Fsp3) is 0.333. The Morgan fingerprint density at radius 3 is 2.55 bits per heavy atom. The van der Waals surface area contributed by atoms with Crippen LogP contribution in [-0.2, 0) is 11.2 Å². The van der Waals surface area contributed by atoms with Gasteiger partial charge in [0.05, 0.1) is 5.69 Å². The van der Waals surface area contributed by atoms with Gasteiger partial charge in [-0.1, -0.05) is 19.9 Å². The van der Waals surface area contributed by atoms with Gasteiger partial charge in [-0.3, -0.25) is 4.79 Å². The van der Waals surface area contributed by atoms with Crippen molar-refractivity contribution in [2.45, 2.75) is 46.5 Å². The summed E-state index contributed by atoms with van der Waals surface area (Å²) in [6.45, 7) is 7.54. The number of benzene rings is 1.